The van der Waals surface area contributed by atoms with Crippen LogP contribution >= 0.6 is 0 Å². The number of pyridine rings is 1. The molecule has 114 valence electrons. The van der Waals surface area contributed by atoms with Gasteiger partial charge in [-0.25, -0.2) is 8.42 Å². The summed E-state index contributed by atoms with van der Waals surface area (Å²) in [6.07, 6.45) is 7.00. The molecule has 1 heterocycles. The molecule has 0 bridgehead atoms. The highest BCUT2D eigenvalue weighted by molar-refractivity contribution is 7.93. The van der Waals surface area contributed by atoms with Gasteiger partial charge in [-0.15, -0.1) is 6.42 Å². The number of fused-ring (bicyclic) bond motifs is 1. The van der Waals surface area contributed by atoms with Gasteiger partial charge in [0.1, 0.15) is 4.90 Å². The molecule has 0 aliphatic heterocycles. The number of para-hydroxylation sites is 1. The monoisotopic (exact) mass is 322 g/mol. The van der Waals surface area contributed by atoms with E-state index in [1.165, 1.54) is 6.07 Å². The van der Waals surface area contributed by atoms with Crippen molar-refractivity contribution in [2.45, 2.75) is 11.8 Å². The number of hydrogen-bond acceptors (Lipinski definition) is 3. The van der Waals surface area contributed by atoms with Gasteiger partial charge in [-0.3, -0.25) is 9.71 Å². The van der Waals surface area contributed by atoms with E-state index >= 15 is 0 Å². The molecule has 0 fully saturated rings. The van der Waals surface area contributed by atoms with Crippen LogP contribution in [0.5, 0.6) is 0 Å². The van der Waals surface area contributed by atoms with Gasteiger partial charge < -0.3 is 0 Å². The molecule has 4 nitrogen and oxygen atoms in total. The maximum absolute atomic E-state index is 12.7. The lowest BCUT2D eigenvalue weighted by atomic mass is 10.2. The van der Waals surface area contributed by atoms with Gasteiger partial charge in [0.25, 0.3) is 10.0 Å². The highest BCUT2D eigenvalue weighted by Crippen LogP contribution is 2.24. The number of benzene rings is 2. The summed E-state index contributed by atoms with van der Waals surface area (Å²) in [4.78, 5) is 4.41. The Labute approximate surface area is 135 Å². The minimum Gasteiger partial charge on any atom is -0.280 e. The highest BCUT2D eigenvalue weighted by atomic mass is 32.2. The number of rotatable bonds is 3. The van der Waals surface area contributed by atoms with Crippen LogP contribution in [0.15, 0.2) is 59.6 Å². The summed E-state index contributed by atoms with van der Waals surface area (Å²) in [7, 11) is -3.76. The van der Waals surface area contributed by atoms with Crippen LogP contribution in [0, 0.1) is 19.3 Å². The first-order valence-electron chi connectivity index (χ1n) is 6.94. The molecule has 0 unspecified atom stereocenters. The number of nitrogens with zero attached hydrogens (tertiary/aromatic N) is 1. The van der Waals surface area contributed by atoms with E-state index in [-0.39, 0.29) is 4.90 Å². The number of aromatic nitrogens is 1. The number of terminal acetylenes is 1. The van der Waals surface area contributed by atoms with E-state index < -0.39 is 10.0 Å². The molecule has 2 aromatic carbocycles. The maximum atomic E-state index is 12.7. The normalized spacial score (nSPS) is 11.1. The van der Waals surface area contributed by atoms with Crippen molar-refractivity contribution < 1.29 is 8.42 Å². The van der Waals surface area contributed by atoms with Crippen molar-refractivity contribution in [3.63, 3.8) is 0 Å². The zero-order chi connectivity index (χ0) is 16.4. The van der Waals surface area contributed by atoms with Gasteiger partial charge >= 0.3 is 0 Å². The molecule has 1 aromatic heterocycles. The van der Waals surface area contributed by atoms with Gasteiger partial charge in [-0.2, -0.15) is 0 Å². The van der Waals surface area contributed by atoms with Gasteiger partial charge in [-0.05, 0) is 42.8 Å². The molecule has 23 heavy (non-hydrogen) atoms. The zero-order valence-corrected chi connectivity index (χ0v) is 13.3. The van der Waals surface area contributed by atoms with Crippen molar-refractivity contribution in [2.24, 2.45) is 0 Å². The summed E-state index contributed by atoms with van der Waals surface area (Å²) in [5.74, 6) is 2.48. The zero-order valence-electron chi connectivity index (χ0n) is 12.4. The summed E-state index contributed by atoms with van der Waals surface area (Å²) in [5.41, 5.74) is 2.45. The summed E-state index contributed by atoms with van der Waals surface area (Å²) in [5, 5.41) is 0.783. The minimum absolute atomic E-state index is 0.140. The lowest BCUT2D eigenvalue weighted by Gasteiger charge is -2.10. The quantitative estimate of drug-likeness (QED) is 0.753. The number of sulfonamides is 1. The molecule has 0 atom stereocenters. The molecule has 0 radical (unpaired) electrons. The fourth-order valence-electron chi connectivity index (χ4n) is 2.34. The number of anilines is 1. The fourth-order valence-corrected chi connectivity index (χ4v) is 3.57. The second kappa shape index (κ2) is 5.75. The van der Waals surface area contributed by atoms with Crippen LogP contribution in [0.2, 0.25) is 0 Å². The van der Waals surface area contributed by atoms with Crippen molar-refractivity contribution in [3.8, 4) is 12.3 Å². The molecular formula is C18H14N2O2S. The molecule has 0 spiro atoms. The van der Waals surface area contributed by atoms with E-state index in [2.05, 4.69) is 15.6 Å². The average molecular weight is 322 g/mol. The Bertz CT molecular complexity index is 1030. The van der Waals surface area contributed by atoms with Crippen molar-refractivity contribution in [3.05, 3.63) is 65.9 Å². The van der Waals surface area contributed by atoms with Crippen LogP contribution in [-0.4, -0.2) is 13.4 Å². The second-order valence-corrected chi connectivity index (χ2v) is 6.82. The third-order valence-corrected chi connectivity index (χ3v) is 4.79. The molecule has 0 amide bonds. The van der Waals surface area contributed by atoms with Crippen molar-refractivity contribution >= 4 is 26.6 Å². The first-order valence-corrected chi connectivity index (χ1v) is 8.43. The van der Waals surface area contributed by atoms with Crippen molar-refractivity contribution in [1.29, 1.82) is 0 Å². The largest absolute Gasteiger partial charge is 0.280 e. The van der Waals surface area contributed by atoms with E-state index in [1.54, 1.807) is 36.5 Å². The topological polar surface area (TPSA) is 59.1 Å². The lowest BCUT2D eigenvalue weighted by Crippen LogP contribution is -2.13. The SMILES string of the molecule is C#Cc1cccc(NS(=O)(=O)c2cccc3cc(C)cnc23)c1. The van der Waals surface area contributed by atoms with Crippen LogP contribution in [0.4, 0.5) is 5.69 Å². The fraction of sp³-hybridized carbons (Fsp3) is 0.0556. The second-order valence-electron chi connectivity index (χ2n) is 5.17. The Morgan fingerprint density at radius 1 is 1.13 bits per heavy atom. The summed E-state index contributed by atoms with van der Waals surface area (Å²) in [6.45, 7) is 1.91. The van der Waals surface area contributed by atoms with Crippen molar-refractivity contribution in [1.82, 2.24) is 4.98 Å². The molecule has 1 N–H and O–H groups in total. The first kappa shape index (κ1) is 15.1. The predicted octanol–water partition coefficient (Wildman–Crippen LogP) is 3.33. The Hall–Kier alpha value is -2.84. The van der Waals surface area contributed by atoms with Gasteiger partial charge in [-0.1, -0.05) is 24.1 Å². The van der Waals surface area contributed by atoms with E-state index in [0.29, 0.717) is 16.8 Å². The van der Waals surface area contributed by atoms with E-state index in [1.807, 2.05) is 19.1 Å². The van der Waals surface area contributed by atoms with Gasteiger partial charge in [0.05, 0.1) is 11.2 Å². The van der Waals surface area contributed by atoms with Crippen LogP contribution in [0.25, 0.3) is 10.9 Å². The molecular weight excluding hydrogens is 308 g/mol. The summed E-state index contributed by atoms with van der Waals surface area (Å²) >= 11 is 0. The van der Waals surface area contributed by atoms with Crippen molar-refractivity contribution in [2.75, 3.05) is 4.72 Å². The first-order chi connectivity index (χ1) is 11.0. The molecule has 3 aromatic rings. The van der Waals surface area contributed by atoms with Crippen LogP contribution < -0.4 is 4.72 Å². The van der Waals surface area contributed by atoms with Gasteiger partial charge in [0.2, 0.25) is 0 Å². The number of nitrogens with one attached hydrogen (secondary N) is 1. The van der Waals surface area contributed by atoms with Gasteiger partial charge in [0.15, 0.2) is 0 Å². The standard InChI is InChI=1S/C18H14N2O2S/c1-3-14-6-4-8-16(11-14)20-23(21,22)17-9-5-7-15-10-13(2)12-19-18(15)17/h1,4-12,20H,2H3. The van der Waals surface area contributed by atoms with Crippen LogP contribution in [0.3, 0.4) is 0 Å². The van der Waals surface area contributed by atoms with Crippen LogP contribution in [-0.2, 0) is 10.0 Å². The third-order valence-electron chi connectivity index (χ3n) is 3.38. The minimum atomic E-state index is -3.76. The maximum Gasteiger partial charge on any atom is 0.264 e. The van der Waals surface area contributed by atoms with E-state index in [0.717, 1.165) is 10.9 Å². The molecule has 0 aliphatic rings. The third kappa shape index (κ3) is 3.03. The Balaban J connectivity index is 2.08. The molecule has 0 saturated heterocycles. The Morgan fingerprint density at radius 3 is 2.70 bits per heavy atom. The molecule has 5 heteroatoms. The number of aryl methyl sites for hydroxylation is 1. The van der Waals surface area contributed by atoms with Crippen LogP contribution in [0.1, 0.15) is 11.1 Å². The smallest absolute Gasteiger partial charge is 0.264 e. The molecule has 3 rings (SSSR count). The molecule has 0 saturated carbocycles. The lowest BCUT2D eigenvalue weighted by molar-refractivity contribution is 0.602. The predicted molar refractivity (Wildman–Crippen MR) is 91.7 cm³/mol. The Morgan fingerprint density at radius 2 is 1.91 bits per heavy atom. The summed E-state index contributed by atoms with van der Waals surface area (Å²) in [6, 6.07) is 13.7. The summed E-state index contributed by atoms with van der Waals surface area (Å²) < 4.78 is 27.9. The van der Waals surface area contributed by atoms with Gasteiger partial charge in [0, 0.05) is 17.1 Å². The van der Waals surface area contributed by atoms with E-state index in [4.69, 9.17) is 6.42 Å². The number of hydrogen-bond donors (Lipinski definition) is 1. The Kier molecular flexibility index (Phi) is 3.77. The molecule has 0 aliphatic carbocycles. The average Bonchev–Trinajstić information content (AvgIpc) is 2.53. The highest BCUT2D eigenvalue weighted by Gasteiger charge is 2.18. The van der Waals surface area contributed by atoms with E-state index in [9.17, 15) is 8.42 Å².